The van der Waals surface area contributed by atoms with Crippen molar-refractivity contribution in [2.45, 2.75) is 26.2 Å². The largest absolute Gasteiger partial charge is 0.454 e. The Bertz CT molecular complexity index is 690. The normalized spacial score (nSPS) is 22.0. The lowest BCUT2D eigenvalue weighted by Crippen LogP contribution is -1.94. The Morgan fingerprint density at radius 2 is 2.00 bits per heavy atom. The fraction of sp³-hybridized carbons (Fsp3) is 0.400. The zero-order chi connectivity index (χ0) is 13.9. The van der Waals surface area contributed by atoms with Crippen molar-refractivity contribution in [3.05, 3.63) is 23.9 Å². The number of aromatic nitrogens is 1. The first-order valence-electron chi connectivity index (χ1n) is 6.71. The van der Waals surface area contributed by atoms with Crippen molar-refractivity contribution in [2.24, 2.45) is 5.41 Å². The summed E-state index contributed by atoms with van der Waals surface area (Å²) in [6.45, 7) is 4.72. The fourth-order valence-electron chi connectivity index (χ4n) is 2.83. The molecule has 1 atom stereocenters. The van der Waals surface area contributed by atoms with Crippen LogP contribution in [0.3, 0.4) is 0 Å². The zero-order valence-corrected chi connectivity index (χ0v) is 11.5. The molecule has 1 saturated carbocycles. The Kier molecular flexibility index (Phi) is 2.14. The highest BCUT2D eigenvalue weighted by Gasteiger charge is 2.50. The van der Waals surface area contributed by atoms with Crippen LogP contribution in [0.4, 0.5) is 5.88 Å². The van der Waals surface area contributed by atoms with Crippen LogP contribution in [0.15, 0.2) is 22.7 Å². The number of rotatable bonds is 2. The number of hydrogen-bond donors (Lipinski definition) is 1. The molecule has 5 nitrogen and oxygen atoms in total. The van der Waals surface area contributed by atoms with Gasteiger partial charge in [-0.25, -0.2) is 0 Å². The zero-order valence-electron chi connectivity index (χ0n) is 11.5. The van der Waals surface area contributed by atoms with Gasteiger partial charge < -0.3 is 19.7 Å². The maximum absolute atomic E-state index is 5.97. The molecule has 2 N–H and O–H groups in total. The number of hydrogen-bond acceptors (Lipinski definition) is 5. The molecular weight excluding hydrogens is 256 g/mol. The van der Waals surface area contributed by atoms with Gasteiger partial charge in [0.25, 0.3) is 0 Å². The van der Waals surface area contributed by atoms with Gasteiger partial charge in [-0.3, -0.25) is 0 Å². The van der Waals surface area contributed by atoms with E-state index < -0.39 is 0 Å². The van der Waals surface area contributed by atoms with Crippen LogP contribution in [-0.2, 0) is 0 Å². The third-order valence-corrected chi connectivity index (χ3v) is 4.25. The van der Waals surface area contributed by atoms with Gasteiger partial charge in [0.15, 0.2) is 11.5 Å². The van der Waals surface area contributed by atoms with Gasteiger partial charge in [-0.15, -0.1) is 0 Å². The number of fused-ring (bicyclic) bond motifs is 1. The van der Waals surface area contributed by atoms with Crippen LogP contribution in [0.25, 0.3) is 11.1 Å². The second kappa shape index (κ2) is 3.69. The summed E-state index contributed by atoms with van der Waals surface area (Å²) in [5, 5.41) is 4.17. The van der Waals surface area contributed by atoms with Crippen LogP contribution in [0, 0.1) is 5.41 Å². The van der Waals surface area contributed by atoms with E-state index in [0.29, 0.717) is 11.8 Å². The highest BCUT2D eigenvalue weighted by molar-refractivity contribution is 5.78. The molecule has 2 heterocycles. The molecular formula is C15H16N2O3. The highest BCUT2D eigenvalue weighted by Crippen LogP contribution is 2.60. The van der Waals surface area contributed by atoms with Crippen LogP contribution in [0.2, 0.25) is 0 Å². The Morgan fingerprint density at radius 3 is 2.75 bits per heavy atom. The summed E-state index contributed by atoms with van der Waals surface area (Å²) in [5.41, 5.74) is 9.05. The number of anilines is 1. The SMILES string of the molecule is CC1(C)CC1c1noc(N)c1-c1ccc2c(c1)OCO2. The van der Waals surface area contributed by atoms with Gasteiger partial charge >= 0.3 is 0 Å². The van der Waals surface area contributed by atoms with Crippen LogP contribution in [0.1, 0.15) is 31.9 Å². The molecule has 1 aromatic carbocycles. The minimum absolute atomic E-state index is 0.264. The van der Waals surface area contributed by atoms with Crippen molar-refractivity contribution in [1.82, 2.24) is 5.16 Å². The van der Waals surface area contributed by atoms with Crippen molar-refractivity contribution < 1.29 is 14.0 Å². The summed E-state index contributed by atoms with van der Waals surface area (Å²) in [5.74, 6) is 2.27. The number of ether oxygens (including phenoxy) is 2. The molecule has 4 rings (SSSR count). The van der Waals surface area contributed by atoms with Crippen molar-refractivity contribution >= 4 is 5.88 Å². The van der Waals surface area contributed by atoms with E-state index in [-0.39, 0.29) is 12.2 Å². The van der Waals surface area contributed by atoms with Gasteiger partial charge in [0, 0.05) is 5.92 Å². The maximum Gasteiger partial charge on any atom is 0.231 e. The van der Waals surface area contributed by atoms with Crippen molar-refractivity contribution in [3.8, 4) is 22.6 Å². The molecule has 2 aromatic rings. The van der Waals surface area contributed by atoms with E-state index in [1.54, 1.807) is 0 Å². The number of nitrogens with two attached hydrogens (primary N) is 1. The number of nitrogen functional groups attached to an aromatic ring is 1. The van der Waals surface area contributed by atoms with E-state index in [1.165, 1.54) is 0 Å². The topological polar surface area (TPSA) is 70.5 Å². The van der Waals surface area contributed by atoms with E-state index in [9.17, 15) is 0 Å². The standard InChI is InChI=1S/C15H16N2O3/c1-15(2)6-9(15)13-12(14(16)20-17-13)8-3-4-10-11(5-8)19-7-18-10/h3-5,9H,6-7,16H2,1-2H3. The van der Waals surface area contributed by atoms with E-state index in [4.69, 9.17) is 19.7 Å². The van der Waals surface area contributed by atoms with Crippen molar-refractivity contribution in [3.63, 3.8) is 0 Å². The van der Waals surface area contributed by atoms with Crippen LogP contribution in [-0.4, -0.2) is 11.9 Å². The lowest BCUT2D eigenvalue weighted by atomic mass is 9.99. The first kappa shape index (κ1) is 11.6. The first-order valence-corrected chi connectivity index (χ1v) is 6.71. The first-order chi connectivity index (χ1) is 9.56. The van der Waals surface area contributed by atoms with Crippen LogP contribution < -0.4 is 15.2 Å². The molecule has 0 amide bonds. The molecule has 0 saturated heterocycles. The van der Waals surface area contributed by atoms with Gasteiger partial charge in [-0.1, -0.05) is 25.1 Å². The van der Waals surface area contributed by atoms with Gasteiger partial charge in [-0.05, 0) is 29.5 Å². The highest BCUT2D eigenvalue weighted by atomic mass is 16.7. The molecule has 104 valence electrons. The van der Waals surface area contributed by atoms with Gasteiger partial charge in [0.1, 0.15) is 0 Å². The molecule has 0 radical (unpaired) electrons. The average molecular weight is 272 g/mol. The van der Waals surface area contributed by atoms with Crippen LogP contribution in [0.5, 0.6) is 11.5 Å². The minimum atomic E-state index is 0.264. The Balaban J connectivity index is 1.81. The van der Waals surface area contributed by atoms with E-state index in [0.717, 1.165) is 34.7 Å². The summed E-state index contributed by atoms with van der Waals surface area (Å²) < 4.78 is 16.0. The van der Waals surface area contributed by atoms with E-state index in [2.05, 4.69) is 19.0 Å². The molecule has 1 aromatic heterocycles. The number of nitrogens with zero attached hydrogens (tertiary/aromatic N) is 1. The molecule has 1 aliphatic heterocycles. The molecule has 0 bridgehead atoms. The molecule has 5 heteroatoms. The Morgan fingerprint density at radius 1 is 1.25 bits per heavy atom. The lowest BCUT2D eigenvalue weighted by Gasteiger charge is -2.05. The molecule has 20 heavy (non-hydrogen) atoms. The molecule has 0 spiro atoms. The quantitative estimate of drug-likeness (QED) is 0.909. The van der Waals surface area contributed by atoms with Crippen molar-refractivity contribution in [2.75, 3.05) is 12.5 Å². The van der Waals surface area contributed by atoms with E-state index in [1.807, 2.05) is 18.2 Å². The molecule has 1 fully saturated rings. The molecule has 1 unspecified atom stereocenters. The summed E-state index contributed by atoms with van der Waals surface area (Å²) in [6.07, 6.45) is 1.11. The van der Waals surface area contributed by atoms with Crippen molar-refractivity contribution in [1.29, 1.82) is 0 Å². The summed E-state index contributed by atoms with van der Waals surface area (Å²) in [4.78, 5) is 0. The second-order valence-corrected chi connectivity index (χ2v) is 6.12. The summed E-state index contributed by atoms with van der Waals surface area (Å²) >= 11 is 0. The fourth-order valence-corrected chi connectivity index (χ4v) is 2.83. The maximum atomic E-state index is 5.97. The smallest absolute Gasteiger partial charge is 0.231 e. The van der Waals surface area contributed by atoms with Gasteiger partial charge in [0.05, 0.1) is 11.3 Å². The van der Waals surface area contributed by atoms with Gasteiger partial charge in [-0.2, -0.15) is 0 Å². The Labute approximate surface area is 116 Å². The van der Waals surface area contributed by atoms with Crippen LogP contribution >= 0.6 is 0 Å². The second-order valence-electron chi connectivity index (χ2n) is 6.12. The summed E-state index contributed by atoms with van der Waals surface area (Å²) in [6, 6.07) is 5.80. The predicted molar refractivity (Wildman–Crippen MR) is 73.6 cm³/mol. The molecule has 1 aliphatic carbocycles. The summed E-state index contributed by atoms with van der Waals surface area (Å²) in [7, 11) is 0. The average Bonchev–Trinajstić information content (AvgIpc) is 2.82. The Hall–Kier alpha value is -2.17. The lowest BCUT2D eigenvalue weighted by molar-refractivity contribution is 0.174. The minimum Gasteiger partial charge on any atom is -0.454 e. The monoisotopic (exact) mass is 272 g/mol. The predicted octanol–water partition coefficient (Wildman–Crippen LogP) is 3.17. The number of benzene rings is 1. The van der Waals surface area contributed by atoms with E-state index >= 15 is 0 Å². The molecule has 2 aliphatic rings. The van der Waals surface area contributed by atoms with Gasteiger partial charge in [0.2, 0.25) is 12.7 Å². The third kappa shape index (κ3) is 1.59. The third-order valence-electron chi connectivity index (χ3n) is 4.25.